The van der Waals surface area contributed by atoms with Crippen LogP contribution in [0.1, 0.15) is 45.1 Å². The van der Waals surface area contributed by atoms with E-state index in [1.165, 1.54) is 0 Å². The SMILES string of the molecule is CC(C)(Oc1cccc(N2CCC[C@@H](C(=O)N(Cc3ccc(-c4ccn[nH]4)cc3)C3CC3)C2)c1)C(=O)N1CCNCC1.Cl. The summed E-state index contributed by atoms with van der Waals surface area (Å²) in [6.45, 7) is 8.93. The number of hydrogen-bond donors (Lipinski definition) is 2. The number of anilines is 1. The molecule has 3 aliphatic rings. The quantitative estimate of drug-likeness (QED) is 0.373. The van der Waals surface area contributed by atoms with Crippen molar-refractivity contribution in [3.63, 3.8) is 0 Å². The summed E-state index contributed by atoms with van der Waals surface area (Å²) in [5.74, 6) is 0.899. The number of carbonyl (C=O) groups excluding carboxylic acids is 2. The molecule has 2 N–H and O–H groups in total. The molecule has 1 atom stereocenters. The molecule has 43 heavy (non-hydrogen) atoms. The van der Waals surface area contributed by atoms with E-state index < -0.39 is 5.60 Å². The van der Waals surface area contributed by atoms with Crippen LogP contribution in [0.15, 0.2) is 60.8 Å². The van der Waals surface area contributed by atoms with Gasteiger partial charge in [0.25, 0.3) is 5.91 Å². The molecule has 0 spiro atoms. The summed E-state index contributed by atoms with van der Waals surface area (Å²) >= 11 is 0. The maximum atomic E-state index is 13.9. The second kappa shape index (κ2) is 13.4. The Balaban J connectivity index is 0.00000368. The van der Waals surface area contributed by atoms with Crippen molar-refractivity contribution in [2.24, 2.45) is 5.92 Å². The van der Waals surface area contributed by atoms with Gasteiger partial charge in [-0.3, -0.25) is 14.7 Å². The van der Waals surface area contributed by atoms with Gasteiger partial charge in [0.05, 0.1) is 11.6 Å². The predicted octanol–water partition coefficient (Wildman–Crippen LogP) is 4.50. The fourth-order valence-electron chi connectivity index (χ4n) is 6.15. The van der Waals surface area contributed by atoms with Crippen molar-refractivity contribution in [2.45, 2.75) is 57.7 Å². The Kier molecular flexibility index (Phi) is 9.62. The first-order chi connectivity index (χ1) is 20.4. The van der Waals surface area contributed by atoms with Crippen molar-refractivity contribution in [1.29, 1.82) is 0 Å². The van der Waals surface area contributed by atoms with Crippen LogP contribution in [0.2, 0.25) is 0 Å². The second-order valence-electron chi connectivity index (χ2n) is 12.3. The van der Waals surface area contributed by atoms with E-state index in [9.17, 15) is 9.59 Å². The van der Waals surface area contributed by atoms with Gasteiger partial charge in [-0.15, -0.1) is 12.4 Å². The van der Waals surface area contributed by atoms with Gasteiger partial charge in [0.2, 0.25) is 5.91 Å². The topological polar surface area (TPSA) is 93.8 Å². The van der Waals surface area contributed by atoms with Gasteiger partial charge >= 0.3 is 0 Å². The van der Waals surface area contributed by atoms with Crippen molar-refractivity contribution >= 4 is 29.9 Å². The third-order valence-corrected chi connectivity index (χ3v) is 8.63. The van der Waals surface area contributed by atoms with E-state index in [1.54, 1.807) is 6.20 Å². The lowest BCUT2D eigenvalue weighted by atomic mass is 9.95. The van der Waals surface area contributed by atoms with Crippen molar-refractivity contribution in [2.75, 3.05) is 44.2 Å². The number of H-pyrrole nitrogens is 1. The average Bonchev–Trinajstić information content (AvgIpc) is 3.72. The number of halogens is 1. The molecule has 3 fully saturated rings. The van der Waals surface area contributed by atoms with Gasteiger partial charge in [-0.2, -0.15) is 5.10 Å². The number of ether oxygens (including phenoxy) is 1. The molecule has 3 aromatic rings. The molecule has 2 aromatic carbocycles. The number of nitrogens with zero attached hydrogens (tertiary/aromatic N) is 4. The van der Waals surface area contributed by atoms with E-state index in [0.717, 1.165) is 67.8 Å². The molecular formula is C33H43ClN6O3. The number of hydrogen-bond acceptors (Lipinski definition) is 6. The number of carbonyl (C=O) groups is 2. The number of aromatic nitrogens is 2. The third kappa shape index (κ3) is 7.33. The zero-order valence-electron chi connectivity index (χ0n) is 25.1. The van der Waals surface area contributed by atoms with Crippen LogP contribution in [-0.2, 0) is 16.1 Å². The molecule has 2 saturated heterocycles. The minimum Gasteiger partial charge on any atom is -0.478 e. The highest BCUT2D eigenvalue weighted by atomic mass is 35.5. The van der Waals surface area contributed by atoms with Gasteiger partial charge in [-0.25, -0.2) is 0 Å². The van der Waals surface area contributed by atoms with Crippen LogP contribution in [0.3, 0.4) is 0 Å². The van der Waals surface area contributed by atoms with Crippen LogP contribution in [0.5, 0.6) is 5.75 Å². The number of amides is 2. The Labute approximate surface area is 260 Å². The van der Waals surface area contributed by atoms with Crippen LogP contribution in [0.25, 0.3) is 11.3 Å². The van der Waals surface area contributed by atoms with Crippen LogP contribution in [0.4, 0.5) is 5.69 Å². The van der Waals surface area contributed by atoms with Gasteiger partial charge in [0.1, 0.15) is 5.75 Å². The normalized spacial score (nSPS) is 19.0. The van der Waals surface area contributed by atoms with Crippen molar-refractivity contribution in [3.8, 4) is 17.0 Å². The van der Waals surface area contributed by atoms with Crippen LogP contribution < -0.4 is 15.0 Å². The molecular weight excluding hydrogens is 564 g/mol. The highest BCUT2D eigenvalue weighted by molar-refractivity contribution is 5.85. The van der Waals surface area contributed by atoms with E-state index in [0.29, 0.717) is 38.0 Å². The lowest BCUT2D eigenvalue weighted by molar-refractivity contribution is -0.146. The summed E-state index contributed by atoms with van der Waals surface area (Å²) in [6.07, 6.45) is 5.78. The highest BCUT2D eigenvalue weighted by Gasteiger charge is 2.38. The number of nitrogens with one attached hydrogen (secondary N) is 2. The molecule has 1 aliphatic carbocycles. The summed E-state index contributed by atoms with van der Waals surface area (Å²) in [6, 6.07) is 18.7. The Hall–Kier alpha value is -3.56. The third-order valence-electron chi connectivity index (χ3n) is 8.63. The van der Waals surface area contributed by atoms with Crippen molar-refractivity contribution in [3.05, 3.63) is 66.4 Å². The summed E-state index contributed by atoms with van der Waals surface area (Å²) in [5.41, 5.74) is 3.30. The van der Waals surface area contributed by atoms with Crippen LogP contribution >= 0.6 is 12.4 Å². The van der Waals surface area contributed by atoms with Gasteiger partial charge in [0, 0.05) is 69.8 Å². The molecule has 2 amide bonds. The fraction of sp³-hybridized carbons (Fsp3) is 0.485. The van der Waals surface area contributed by atoms with E-state index in [-0.39, 0.29) is 30.1 Å². The zero-order valence-corrected chi connectivity index (χ0v) is 25.9. The van der Waals surface area contributed by atoms with Crippen LogP contribution in [-0.4, -0.2) is 82.7 Å². The van der Waals surface area contributed by atoms with Gasteiger partial charge in [-0.05, 0) is 68.9 Å². The highest BCUT2D eigenvalue weighted by Crippen LogP contribution is 2.34. The first kappa shape index (κ1) is 30.9. The molecule has 1 saturated carbocycles. The molecule has 9 nitrogen and oxygen atoms in total. The number of benzene rings is 2. The second-order valence-corrected chi connectivity index (χ2v) is 12.3. The summed E-state index contributed by atoms with van der Waals surface area (Å²) < 4.78 is 6.28. The molecule has 3 heterocycles. The fourth-order valence-corrected chi connectivity index (χ4v) is 6.15. The molecule has 0 unspecified atom stereocenters. The van der Waals surface area contributed by atoms with E-state index >= 15 is 0 Å². The first-order valence-electron chi connectivity index (χ1n) is 15.3. The number of piperazine rings is 1. The molecule has 1 aromatic heterocycles. The van der Waals surface area contributed by atoms with Crippen LogP contribution in [0, 0.1) is 5.92 Å². The minimum absolute atomic E-state index is 0. The molecule has 2 aliphatic heterocycles. The van der Waals surface area contributed by atoms with Gasteiger partial charge in [0.15, 0.2) is 5.60 Å². The molecule has 6 rings (SSSR count). The van der Waals surface area contributed by atoms with Gasteiger partial charge in [-0.1, -0.05) is 30.3 Å². The predicted molar refractivity (Wildman–Crippen MR) is 170 cm³/mol. The van der Waals surface area contributed by atoms with Gasteiger partial charge < -0.3 is 24.8 Å². The number of rotatable bonds is 9. The summed E-state index contributed by atoms with van der Waals surface area (Å²) in [4.78, 5) is 33.4. The van der Waals surface area contributed by atoms with Crippen molar-refractivity contribution in [1.82, 2.24) is 25.3 Å². The van der Waals surface area contributed by atoms with Crippen molar-refractivity contribution < 1.29 is 14.3 Å². The first-order valence-corrected chi connectivity index (χ1v) is 15.3. The van der Waals surface area contributed by atoms with E-state index in [4.69, 9.17) is 4.74 Å². The Morgan fingerprint density at radius 1 is 1.02 bits per heavy atom. The summed E-state index contributed by atoms with van der Waals surface area (Å²) in [7, 11) is 0. The zero-order chi connectivity index (χ0) is 29.1. The largest absolute Gasteiger partial charge is 0.478 e. The standard InChI is InChI=1S/C33H42N6O3.ClH/c1-33(2,32(41)37-19-16-34-17-20-37)42-29-7-3-6-28(21-29)38-18-4-5-26(23-38)31(40)39(27-12-13-27)22-24-8-10-25(11-9-24)30-14-15-35-36-30;/h3,6-11,14-15,21,26-27,34H,4-5,12-13,16-20,22-23H2,1-2H3,(H,35,36);1H/t26-;/m1./s1. The molecule has 10 heteroatoms. The lowest BCUT2D eigenvalue weighted by Gasteiger charge is -2.37. The minimum atomic E-state index is -0.961. The Morgan fingerprint density at radius 3 is 2.49 bits per heavy atom. The molecule has 0 radical (unpaired) electrons. The smallest absolute Gasteiger partial charge is 0.266 e. The molecule has 0 bridgehead atoms. The maximum absolute atomic E-state index is 13.9. The Bertz CT molecular complexity index is 1370. The molecule has 230 valence electrons. The Morgan fingerprint density at radius 2 is 1.79 bits per heavy atom. The van der Waals surface area contributed by atoms with E-state index in [1.807, 2.05) is 43.0 Å². The van der Waals surface area contributed by atoms with E-state index in [2.05, 4.69) is 55.6 Å². The number of aromatic amines is 1. The number of piperidine rings is 1. The average molecular weight is 607 g/mol. The lowest BCUT2D eigenvalue weighted by Crippen LogP contribution is -2.54. The summed E-state index contributed by atoms with van der Waals surface area (Å²) in [5, 5.41) is 10.3. The monoisotopic (exact) mass is 606 g/mol. The maximum Gasteiger partial charge on any atom is 0.266 e.